The molecule has 1 heterocycles. The third kappa shape index (κ3) is 3.59. The monoisotopic (exact) mass is 379 g/mol. The van der Waals surface area contributed by atoms with Crippen molar-refractivity contribution in [3.05, 3.63) is 54.1 Å². The number of ether oxygens (including phenoxy) is 1. The molecule has 6 heteroatoms. The van der Waals surface area contributed by atoms with Crippen molar-refractivity contribution in [3.8, 4) is 22.9 Å². The van der Waals surface area contributed by atoms with Gasteiger partial charge < -0.3 is 19.6 Å². The third-order valence-electron chi connectivity index (χ3n) is 5.18. The fraction of sp³-hybridized carbons (Fsp3) is 0.364. The fourth-order valence-corrected chi connectivity index (χ4v) is 3.87. The molecule has 2 aromatic carbocycles. The predicted molar refractivity (Wildman–Crippen MR) is 107 cm³/mol. The molecular weight excluding hydrogens is 354 g/mol. The second-order valence-electron chi connectivity index (χ2n) is 7.21. The van der Waals surface area contributed by atoms with E-state index in [9.17, 15) is 15.2 Å². The number of aliphatic hydroxyl groups is 1. The molecule has 1 saturated heterocycles. The molecule has 0 aromatic heterocycles. The summed E-state index contributed by atoms with van der Waals surface area (Å²) in [5.74, 6) is 0.452. The maximum atomic E-state index is 12.5. The second-order valence-corrected chi connectivity index (χ2v) is 7.21. The van der Waals surface area contributed by atoms with Gasteiger partial charge >= 0.3 is 0 Å². The molecule has 0 unspecified atom stereocenters. The predicted octanol–water partition coefficient (Wildman–Crippen LogP) is 2.10. The van der Waals surface area contributed by atoms with Crippen molar-refractivity contribution in [1.29, 1.82) is 5.26 Å². The van der Waals surface area contributed by atoms with Gasteiger partial charge in [0.05, 0.1) is 32.4 Å². The summed E-state index contributed by atoms with van der Waals surface area (Å²) in [6.07, 6.45) is 0. The molecule has 0 radical (unpaired) electrons. The van der Waals surface area contributed by atoms with Crippen molar-refractivity contribution in [3.63, 3.8) is 0 Å². The Labute approximate surface area is 165 Å². The lowest BCUT2D eigenvalue weighted by Gasteiger charge is -2.51. The topological polar surface area (TPSA) is 76.8 Å². The number of amides is 1. The van der Waals surface area contributed by atoms with Crippen molar-refractivity contribution in [1.82, 2.24) is 9.80 Å². The highest BCUT2D eigenvalue weighted by atomic mass is 16.5. The molecule has 1 fully saturated rings. The Morgan fingerprint density at radius 3 is 2.46 bits per heavy atom. The van der Waals surface area contributed by atoms with Gasteiger partial charge in [0.15, 0.2) is 0 Å². The van der Waals surface area contributed by atoms with Gasteiger partial charge in [0, 0.05) is 11.5 Å². The number of aliphatic hydroxyl groups excluding tert-OH is 1. The standard InChI is InChI=1S/C22H25N3O3/c1-24(2)13-21(27)25-18(12-23)22(19(25)14-26)16-10-8-15(9-11-16)17-6-4-5-7-20(17)28-3/h4-11,18-19,22,26H,13-14H2,1-3H3/t18-,19-,22+/m0/s1. The molecule has 1 aliphatic heterocycles. The first-order valence-electron chi connectivity index (χ1n) is 9.21. The van der Waals surface area contributed by atoms with Crippen LogP contribution in [0.25, 0.3) is 11.1 Å². The summed E-state index contributed by atoms with van der Waals surface area (Å²) in [6, 6.07) is 17.0. The zero-order chi connectivity index (χ0) is 20.3. The number of carbonyl (C=O) groups is 1. The van der Waals surface area contributed by atoms with E-state index in [0.29, 0.717) is 0 Å². The molecule has 3 rings (SSSR count). The van der Waals surface area contributed by atoms with Gasteiger partial charge in [-0.05, 0) is 31.3 Å². The van der Waals surface area contributed by atoms with Crippen molar-refractivity contribution in [2.45, 2.75) is 18.0 Å². The summed E-state index contributed by atoms with van der Waals surface area (Å²) in [5, 5.41) is 19.5. The quantitative estimate of drug-likeness (QED) is 0.832. The van der Waals surface area contributed by atoms with E-state index in [1.54, 1.807) is 26.1 Å². The van der Waals surface area contributed by atoms with Crippen LogP contribution in [0.2, 0.25) is 0 Å². The molecule has 28 heavy (non-hydrogen) atoms. The van der Waals surface area contributed by atoms with Crippen LogP contribution in [0, 0.1) is 11.3 Å². The van der Waals surface area contributed by atoms with E-state index in [-0.39, 0.29) is 31.0 Å². The summed E-state index contributed by atoms with van der Waals surface area (Å²) < 4.78 is 5.43. The van der Waals surface area contributed by atoms with E-state index < -0.39 is 6.04 Å². The molecule has 6 nitrogen and oxygen atoms in total. The van der Waals surface area contributed by atoms with E-state index >= 15 is 0 Å². The summed E-state index contributed by atoms with van der Waals surface area (Å²) in [4.78, 5) is 15.7. The van der Waals surface area contributed by atoms with Crippen LogP contribution in [0.4, 0.5) is 0 Å². The van der Waals surface area contributed by atoms with Crippen LogP contribution in [0.1, 0.15) is 11.5 Å². The molecule has 0 spiro atoms. The van der Waals surface area contributed by atoms with E-state index in [1.165, 1.54) is 4.90 Å². The van der Waals surface area contributed by atoms with Crippen LogP contribution < -0.4 is 4.74 Å². The van der Waals surface area contributed by atoms with Gasteiger partial charge in [0.1, 0.15) is 11.8 Å². The molecule has 1 N–H and O–H groups in total. The van der Waals surface area contributed by atoms with Gasteiger partial charge in [-0.25, -0.2) is 0 Å². The number of likely N-dealkylation sites (tertiary alicyclic amines) is 1. The second kappa shape index (κ2) is 8.42. The average molecular weight is 379 g/mol. The largest absolute Gasteiger partial charge is 0.496 e. The number of carbonyl (C=O) groups excluding carboxylic acids is 1. The van der Waals surface area contributed by atoms with Crippen LogP contribution in [0.3, 0.4) is 0 Å². The van der Waals surface area contributed by atoms with E-state index in [2.05, 4.69) is 6.07 Å². The van der Waals surface area contributed by atoms with Gasteiger partial charge in [0.2, 0.25) is 5.91 Å². The first kappa shape index (κ1) is 19.9. The first-order valence-corrected chi connectivity index (χ1v) is 9.21. The Morgan fingerprint density at radius 2 is 1.89 bits per heavy atom. The Bertz CT molecular complexity index is 873. The summed E-state index contributed by atoms with van der Waals surface area (Å²) in [6.45, 7) is 0.0460. The lowest BCUT2D eigenvalue weighted by atomic mass is 9.75. The van der Waals surface area contributed by atoms with Gasteiger partial charge in [-0.3, -0.25) is 4.79 Å². The Kier molecular flexibility index (Phi) is 5.98. The Hall–Kier alpha value is -2.88. The van der Waals surface area contributed by atoms with Gasteiger partial charge in [-0.15, -0.1) is 0 Å². The van der Waals surface area contributed by atoms with Crippen LogP contribution in [-0.4, -0.2) is 67.3 Å². The minimum absolute atomic E-state index is 0.141. The Morgan fingerprint density at radius 1 is 1.21 bits per heavy atom. The average Bonchev–Trinajstić information content (AvgIpc) is 2.68. The first-order chi connectivity index (χ1) is 13.5. The highest BCUT2D eigenvalue weighted by molar-refractivity contribution is 5.81. The zero-order valence-corrected chi connectivity index (χ0v) is 16.4. The minimum atomic E-state index is -0.568. The molecule has 0 bridgehead atoms. The smallest absolute Gasteiger partial charge is 0.238 e. The van der Waals surface area contributed by atoms with Gasteiger partial charge in [0.25, 0.3) is 0 Å². The van der Waals surface area contributed by atoms with Crippen LogP contribution in [-0.2, 0) is 4.79 Å². The Balaban J connectivity index is 1.85. The number of methoxy groups -OCH3 is 1. The van der Waals surface area contributed by atoms with E-state index in [1.807, 2.05) is 48.5 Å². The molecule has 0 saturated carbocycles. The molecule has 1 aliphatic rings. The van der Waals surface area contributed by atoms with Crippen LogP contribution in [0.15, 0.2) is 48.5 Å². The van der Waals surface area contributed by atoms with E-state index in [4.69, 9.17) is 4.74 Å². The third-order valence-corrected chi connectivity index (χ3v) is 5.18. The summed E-state index contributed by atoms with van der Waals surface area (Å²) in [5.41, 5.74) is 2.94. The number of rotatable bonds is 6. The molecule has 3 atom stereocenters. The lowest BCUT2D eigenvalue weighted by molar-refractivity contribution is -0.147. The zero-order valence-electron chi connectivity index (χ0n) is 16.4. The minimum Gasteiger partial charge on any atom is -0.496 e. The number of nitrogens with zero attached hydrogens (tertiary/aromatic N) is 3. The van der Waals surface area contributed by atoms with Crippen molar-refractivity contribution >= 4 is 5.91 Å². The molecule has 0 aliphatic carbocycles. The number of hydrogen-bond acceptors (Lipinski definition) is 5. The normalized spacial score (nSPS) is 21.1. The number of para-hydroxylation sites is 1. The molecule has 1 amide bonds. The highest BCUT2D eigenvalue weighted by Crippen LogP contribution is 2.41. The van der Waals surface area contributed by atoms with Crippen LogP contribution >= 0.6 is 0 Å². The number of benzene rings is 2. The molecule has 2 aromatic rings. The van der Waals surface area contributed by atoms with Crippen LogP contribution in [0.5, 0.6) is 5.75 Å². The molecule has 146 valence electrons. The number of nitriles is 1. The van der Waals surface area contributed by atoms with Crippen molar-refractivity contribution < 1.29 is 14.6 Å². The summed E-state index contributed by atoms with van der Waals surface area (Å²) in [7, 11) is 5.26. The number of hydrogen-bond donors (Lipinski definition) is 1. The summed E-state index contributed by atoms with van der Waals surface area (Å²) >= 11 is 0. The van der Waals surface area contributed by atoms with E-state index in [0.717, 1.165) is 22.4 Å². The molecular formula is C22H25N3O3. The van der Waals surface area contributed by atoms with Crippen molar-refractivity contribution in [2.24, 2.45) is 0 Å². The van der Waals surface area contributed by atoms with Gasteiger partial charge in [-0.2, -0.15) is 5.26 Å². The SMILES string of the molecule is COc1ccccc1-c1ccc([C@@H]2[C@H](C#N)N(C(=O)CN(C)C)[C@H]2CO)cc1. The van der Waals surface area contributed by atoms with Crippen molar-refractivity contribution in [2.75, 3.05) is 34.4 Å². The maximum absolute atomic E-state index is 12.5. The highest BCUT2D eigenvalue weighted by Gasteiger charge is 2.51. The fourth-order valence-electron chi connectivity index (χ4n) is 3.87. The van der Waals surface area contributed by atoms with Gasteiger partial charge in [-0.1, -0.05) is 42.5 Å². The lowest BCUT2D eigenvalue weighted by Crippen LogP contribution is -2.66. The maximum Gasteiger partial charge on any atom is 0.238 e. The number of likely N-dealkylation sites (N-methyl/N-ethyl adjacent to an activating group) is 1.